The van der Waals surface area contributed by atoms with E-state index in [0.29, 0.717) is 42.6 Å². The lowest BCUT2D eigenvalue weighted by Crippen LogP contribution is -2.49. The molecule has 1 atom stereocenters. The molecule has 0 spiro atoms. The SMILES string of the molecule is CC1CN(c2ccc(Nc3ncc(C(F)(F)F)c(-c4cc5c(s4)CN(C4COC4)CCS5)n3)c(C3CC3)n2)CCN1. The summed E-state index contributed by atoms with van der Waals surface area (Å²) < 4.78 is 47.8. The predicted octanol–water partition coefficient (Wildman–Crippen LogP) is 5.34. The number of thiophene rings is 1. The van der Waals surface area contributed by atoms with Gasteiger partial charge in [-0.15, -0.1) is 23.1 Å². The standard InChI is InChI=1S/C28H32F3N7OS2/c1-16-12-38(7-6-32-16)24-5-4-20(25(35-24)17-2-3-17)34-27-33-11-19(28(29,30)31)26(36-27)22-10-21-23(41-22)13-37(8-9-40-21)18-14-39-15-18/h4-5,10-11,16-18,32H,2-3,6-9,12-15H2,1H3,(H,33,34,36). The van der Waals surface area contributed by atoms with Gasteiger partial charge in [-0.1, -0.05) is 0 Å². The van der Waals surface area contributed by atoms with Gasteiger partial charge in [0.25, 0.3) is 0 Å². The maximum Gasteiger partial charge on any atom is 0.420 e. The van der Waals surface area contributed by atoms with Crippen molar-refractivity contribution in [2.24, 2.45) is 0 Å². The molecule has 1 saturated carbocycles. The summed E-state index contributed by atoms with van der Waals surface area (Å²) in [7, 11) is 0. The lowest BCUT2D eigenvalue weighted by Gasteiger charge is -2.36. The number of nitrogens with one attached hydrogen (secondary N) is 2. The highest BCUT2D eigenvalue weighted by molar-refractivity contribution is 7.99. The van der Waals surface area contributed by atoms with E-state index in [-0.39, 0.29) is 11.6 Å². The summed E-state index contributed by atoms with van der Waals surface area (Å²) in [5.41, 5.74) is 0.774. The number of hydrogen-bond donors (Lipinski definition) is 2. The van der Waals surface area contributed by atoms with E-state index in [1.807, 2.05) is 18.2 Å². The molecular formula is C28H32F3N7OS2. The van der Waals surface area contributed by atoms with Crippen LogP contribution in [-0.2, 0) is 17.5 Å². The third-order valence-corrected chi connectivity index (χ3v) is 10.3. The van der Waals surface area contributed by atoms with E-state index in [1.54, 1.807) is 11.8 Å². The largest absolute Gasteiger partial charge is 0.420 e. The molecular weight excluding hydrogens is 571 g/mol. The van der Waals surface area contributed by atoms with Crippen molar-refractivity contribution in [2.75, 3.05) is 55.4 Å². The lowest BCUT2D eigenvalue weighted by molar-refractivity contribution is -0.137. The van der Waals surface area contributed by atoms with Crippen molar-refractivity contribution in [3.05, 3.63) is 40.5 Å². The molecule has 3 fully saturated rings. The second kappa shape index (κ2) is 11.0. The Morgan fingerprint density at radius 2 is 2.00 bits per heavy atom. The van der Waals surface area contributed by atoms with Crippen molar-refractivity contribution < 1.29 is 17.9 Å². The van der Waals surface area contributed by atoms with Crippen molar-refractivity contribution in [1.29, 1.82) is 0 Å². The molecule has 1 unspecified atom stereocenters. The zero-order valence-corrected chi connectivity index (χ0v) is 24.3. The molecule has 7 rings (SSSR count). The summed E-state index contributed by atoms with van der Waals surface area (Å²) in [6.07, 6.45) is -1.57. The fourth-order valence-corrected chi connectivity index (χ4v) is 7.99. The van der Waals surface area contributed by atoms with Crippen LogP contribution in [0.2, 0.25) is 0 Å². The van der Waals surface area contributed by atoms with Crippen LogP contribution in [0.15, 0.2) is 29.3 Å². The Morgan fingerprint density at radius 3 is 2.73 bits per heavy atom. The van der Waals surface area contributed by atoms with Crippen LogP contribution in [-0.4, -0.2) is 77.1 Å². The molecule has 0 bridgehead atoms. The topological polar surface area (TPSA) is 78.4 Å². The number of aromatic nitrogens is 3. The smallest absolute Gasteiger partial charge is 0.378 e. The number of piperazine rings is 1. The van der Waals surface area contributed by atoms with Crippen LogP contribution in [0.3, 0.4) is 0 Å². The molecule has 2 saturated heterocycles. The van der Waals surface area contributed by atoms with E-state index >= 15 is 0 Å². The van der Waals surface area contributed by atoms with Crippen LogP contribution in [0.25, 0.3) is 10.6 Å². The number of nitrogens with zero attached hydrogens (tertiary/aromatic N) is 5. The van der Waals surface area contributed by atoms with Crippen molar-refractivity contribution in [3.63, 3.8) is 0 Å². The second-order valence-corrected chi connectivity index (χ2v) is 13.4. The number of fused-ring (bicyclic) bond motifs is 1. The zero-order valence-electron chi connectivity index (χ0n) is 22.7. The normalized spacial score (nSPS) is 22.2. The Kier molecular flexibility index (Phi) is 7.34. The Labute approximate surface area is 245 Å². The maximum atomic E-state index is 14.1. The van der Waals surface area contributed by atoms with E-state index < -0.39 is 11.7 Å². The first-order chi connectivity index (χ1) is 19.8. The van der Waals surface area contributed by atoms with Crippen molar-refractivity contribution in [1.82, 2.24) is 25.2 Å². The fourth-order valence-electron chi connectivity index (χ4n) is 5.56. The maximum absolute atomic E-state index is 14.1. The molecule has 4 aliphatic rings. The molecule has 0 aromatic carbocycles. The van der Waals surface area contributed by atoms with Gasteiger partial charge < -0.3 is 20.3 Å². The third-order valence-electron chi connectivity index (χ3n) is 8.03. The quantitative estimate of drug-likeness (QED) is 0.388. The molecule has 0 amide bonds. The number of hydrogen-bond acceptors (Lipinski definition) is 10. The van der Waals surface area contributed by atoms with Gasteiger partial charge in [0.05, 0.1) is 41.2 Å². The number of alkyl halides is 3. The monoisotopic (exact) mass is 603 g/mol. The molecule has 6 heterocycles. The van der Waals surface area contributed by atoms with Gasteiger partial charge in [-0.05, 0) is 38.0 Å². The molecule has 1 aliphatic carbocycles. The molecule has 0 radical (unpaired) electrons. The molecule has 13 heteroatoms. The van der Waals surface area contributed by atoms with E-state index in [0.717, 1.165) is 77.9 Å². The first-order valence-corrected chi connectivity index (χ1v) is 15.9. The Morgan fingerprint density at radius 1 is 1.15 bits per heavy atom. The van der Waals surface area contributed by atoms with Crippen LogP contribution in [0, 0.1) is 0 Å². The minimum absolute atomic E-state index is 0.0837. The first-order valence-electron chi connectivity index (χ1n) is 14.1. The van der Waals surface area contributed by atoms with Gasteiger partial charge in [0.1, 0.15) is 11.4 Å². The van der Waals surface area contributed by atoms with Crippen LogP contribution in [0.4, 0.5) is 30.6 Å². The van der Waals surface area contributed by atoms with Crippen molar-refractivity contribution >= 4 is 40.6 Å². The van der Waals surface area contributed by atoms with Gasteiger partial charge in [-0.3, -0.25) is 4.90 Å². The Hall–Kier alpha value is -2.45. The highest BCUT2D eigenvalue weighted by atomic mass is 32.2. The second-order valence-electron chi connectivity index (χ2n) is 11.2. The molecule has 218 valence electrons. The van der Waals surface area contributed by atoms with E-state index in [1.165, 1.54) is 11.3 Å². The number of pyridine rings is 1. The summed E-state index contributed by atoms with van der Waals surface area (Å²) >= 11 is 3.09. The minimum Gasteiger partial charge on any atom is -0.378 e. The van der Waals surface area contributed by atoms with E-state index in [2.05, 4.69) is 37.3 Å². The molecule has 2 N–H and O–H groups in total. The first kappa shape index (κ1) is 27.4. The average Bonchev–Trinajstić information content (AvgIpc) is 3.71. The fraction of sp³-hybridized carbons (Fsp3) is 0.536. The molecule has 3 aromatic rings. The predicted molar refractivity (Wildman–Crippen MR) is 155 cm³/mol. The van der Waals surface area contributed by atoms with Crippen molar-refractivity contribution in [2.45, 2.75) is 55.4 Å². The van der Waals surface area contributed by atoms with Gasteiger partial charge in [0.15, 0.2) is 0 Å². The Balaban J connectivity index is 1.19. The minimum atomic E-state index is -4.57. The highest BCUT2D eigenvalue weighted by Gasteiger charge is 2.37. The van der Waals surface area contributed by atoms with Crippen LogP contribution in [0.1, 0.15) is 41.8 Å². The van der Waals surface area contributed by atoms with Gasteiger partial charge >= 0.3 is 6.18 Å². The Bertz CT molecular complexity index is 1430. The lowest BCUT2D eigenvalue weighted by atomic mass is 10.2. The van der Waals surface area contributed by atoms with Gasteiger partial charge in [-0.2, -0.15) is 13.2 Å². The highest BCUT2D eigenvalue weighted by Crippen LogP contribution is 2.45. The summed E-state index contributed by atoms with van der Waals surface area (Å²) in [6, 6.07) is 6.57. The number of halogens is 3. The molecule has 41 heavy (non-hydrogen) atoms. The third kappa shape index (κ3) is 5.79. The number of rotatable bonds is 6. The van der Waals surface area contributed by atoms with Crippen molar-refractivity contribution in [3.8, 4) is 10.6 Å². The van der Waals surface area contributed by atoms with Crippen LogP contribution >= 0.6 is 23.1 Å². The molecule has 3 aliphatic heterocycles. The van der Waals surface area contributed by atoms with Gasteiger partial charge in [0, 0.05) is 66.4 Å². The molecule has 8 nitrogen and oxygen atoms in total. The summed E-state index contributed by atoms with van der Waals surface area (Å²) in [5.74, 6) is 2.30. The van der Waals surface area contributed by atoms with Gasteiger partial charge in [-0.25, -0.2) is 15.0 Å². The van der Waals surface area contributed by atoms with E-state index in [4.69, 9.17) is 9.72 Å². The number of anilines is 3. The number of thioether (sulfide) groups is 1. The summed E-state index contributed by atoms with van der Waals surface area (Å²) in [6.45, 7) is 7.91. The van der Waals surface area contributed by atoms with E-state index in [9.17, 15) is 13.2 Å². The number of ether oxygens (including phenoxy) is 1. The van der Waals surface area contributed by atoms with Crippen LogP contribution in [0.5, 0.6) is 0 Å². The molecule has 3 aromatic heterocycles. The summed E-state index contributed by atoms with van der Waals surface area (Å²) in [4.78, 5) is 20.9. The van der Waals surface area contributed by atoms with Gasteiger partial charge in [0.2, 0.25) is 5.95 Å². The zero-order chi connectivity index (χ0) is 28.1. The van der Waals surface area contributed by atoms with Crippen LogP contribution < -0.4 is 15.5 Å². The summed E-state index contributed by atoms with van der Waals surface area (Å²) in [5, 5.41) is 6.68. The average molecular weight is 604 g/mol.